The summed E-state index contributed by atoms with van der Waals surface area (Å²) in [6.45, 7) is 4.48. The Morgan fingerprint density at radius 3 is 1.60 bits per heavy atom. The van der Waals surface area contributed by atoms with Gasteiger partial charge in [0, 0.05) is 30.0 Å². The highest BCUT2D eigenvalue weighted by Crippen LogP contribution is 2.65. The van der Waals surface area contributed by atoms with E-state index >= 15 is 0 Å². The summed E-state index contributed by atoms with van der Waals surface area (Å²) in [5.74, 6) is -4.01. The summed E-state index contributed by atoms with van der Waals surface area (Å²) in [7, 11) is 0. The molecule has 3 aromatic carbocycles. The Balaban J connectivity index is 1.25. The molecule has 3 aromatic rings. The van der Waals surface area contributed by atoms with Gasteiger partial charge in [-0.1, -0.05) is 182 Å². The molecule has 2 N–H and O–H groups in total. The Morgan fingerprint density at radius 2 is 1.07 bits per heavy atom. The van der Waals surface area contributed by atoms with Gasteiger partial charge in [0.15, 0.2) is 22.8 Å². The maximum absolute atomic E-state index is 13.7. The van der Waals surface area contributed by atoms with Gasteiger partial charge in [-0.3, -0.25) is 9.59 Å². The van der Waals surface area contributed by atoms with E-state index in [9.17, 15) is 24.6 Å². The molecule has 1 atom stereocenters. The molecule has 1 spiro atoms. The first-order chi connectivity index (χ1) is 32.6. The first-order valence-corrected chi connectivity index (χ1v) is 26.2. The molecule has 11 heteroatoms. The van der Waals surface area contributed by atoms with Crippen molar-refractivity contribution in [2.45, 2.75) is 199 Å². The van der Waals surface area contributed by atoms with E-state index in [1.165, 1.54) is 89.2 Å². The molecule has 0 fully saturated rings. The number of rotatable bonds is 32. The summed E-state index contributed by atoms with van der Waals surface area (Å²) in [5.41, 5.74) is -1.22. The highest BCUT2D eigenvalue weighted by atomic mass is 35.5. The molecule has 0 aliphatic carbocycles. The maximum Gasteiger partial charge on any atom is 0.340 e. The lowest BCUT2D eigenvalue weighted by molar-refractivity contribution is -0.136. The summed E-state index contributed by atoms with van der Waals surface area (Å²) >= 11 is 13.4. The average Bonchev–Trinajstić information content (AvgIpc) is 3.61. The van der Waals surface area contributed by atoms with Crippen LogP contribution < -0.4 is 14.2 Å². The van der Waals surface area contributed by atoms with Crippen molar-refractivity contribution < 1.29 is 43.5 Å². The van der Waals surface area contributed by atoms with Crippen molar-refractivity contribution in [2.75, 3.05) is 0 Å². The smallest absolute Gasteiger partial charge is 0.340 e. The first kappa shape index (κ1) is 53.5. The van der Waals surface area contributed by atoms with Gasteiger partial charge >= 0.3 is 17.9 Å². The van der Waals surface area contributed by atoms with Crippen LogP contribution in [0.3, 0.4) is 0 Å². The summed E-state index contributed by atoms with van der Waals surface area (Å²) in [4.78, 5) is 40.9. The molecule has 366 valence electrons. The third-order valence-corrected chi connectivity index (χ3v) is 13.4. The van der Waals surface area contributed by atoms with E-state index in [-0.39, 0.29) is 57.6 Å². The molecule has 67 heavy (non-hydrogen) atoms. The van der Waals surface area contributed by atoms with Crippen LogP contribution in [0.4, 0.5) is 0 Å². The molecule has 2 aliphatic rings. The second-order valence-electron chi connectivity index (χ2n) is 18.2. The molecule has 0 amide bonds. The van der Waals surface area contributed by atoms with Crippen LogP contribution in [0.5, 0.6) is 34.5 Å². The number of aromatic hydroxyl groups is 2. The van der Waals surface area contributed by atoms with Crippen molar-refractivity contribution in [1.29, 1.82) is 0 Å². The Bertz CT molecular complexity index is 2130. The van der Waals surface area contributed by atoms with Gasteiger partial charge < -0.3 is 29.2 Å². The van der Waals surface area contributed by atoms with Crippen LogP contribution in [-0.4, -0.2) is 28.1 Å². The molecular weight excluding hydrogens is 888 g/mol. The third kappa shape index (κ3) is 15.3. The van der Waals surface area contributed by atoms with Gasteiger partial charge in [-0.2, -0.15) is 0 Å². The van der Waals surface area contributed by atoms with E-state index < -0.39 is 40.0 Å². The highest BCUT2D eigenvalue weighted by molar-refractivity contribution is 6.34. The van der Waals surface area contributed by atoms with Crippen LogP contribution in [0.15, 0.2) is 60.7 Å². The largest absolute Gasteiger partial charge is 0.506 e. The molecule has 0 saturated carbocycles. The molecule has 1 unspecified atom stereocenters. The van der Waals surface area contributed by atoms with Crippen LogP contribution in [0.1, 0.15) is 221 Å². The molecular formula is C56H74Cl2O9. The lowest BCUT2D eigenvalue weighted by Gasteiger charge is -2.38. The molecule has 2 heterocycles. The number of hydrogen-bond acceptors (Lipinski definition) is 9. The lowest BCUT2D eigenvalue weighted by Crippen LogP contribution is -2.34. The van der Waals surface area contributed by atoms with Crippen molar-refractivity contribution in [3.63, 3.8) is 0 Å². The minimum atomic E-state index is -1.91. The van der Waals surface area contributed by atoms with Gasteiger partial charge in [-0.25, -0.2) is 4.79 Å². The number of carbonyl (C=O) groups excluding carboxylic acids is 3. The predicted octanol–water partition coefficient (Wildman–Crippen LogP) is 16.9. The van der Waals surface area contributed by atoms with Crippen molar-refractivity contribution in [2.24, 2.45) is 0 Å². The second kappa shape index (κ2) is 28.8. The highest BCUT2D eigenvalue weighted by Gasteiger charge is 2.57. The SMILES string of the molecule is CCCCCCCC/C=C\CCCCCCCC(=O)Oc1c(O)c(Cl)c(OC(=O)CCCCCCC/C=C\CCCCCCCC)c2c1Oc1cc(O)c(Cl)cc1C21OC(=O)c2ccccc21. The summed E-state index contributed by atoms with van der Waals surface area (Å²) < 4.78 is 24.6. The number of esters is 3. The number of hydrogen-bond donors (Lipinski definition) is 2. The van der Waals surface area contributed by atoms with E-state index in [0.29, 0.717) is 18.4 Å². The van der Waals surface area contributed by atoms with Gasteiger partial charge in [0.05, 0.1) is 16.1 Å². The van der Waals surface area contributed by atoms with E-state index in [4.69, 9.17) is 42.1 Å². The zero-order chi connectivity index (χ0) is 47.9. The Hall–Kier alpha value is -4.47. The fourth-order valence-electron chi connectivity index (χ4n) is 9.01. The van der Waals surface area contributed by atoms with Crippen LogP contribution in [0.2, 0.25) is 10.0 Å². The normalized spacial score (nSPS) is 14.9. The van der Waals surface area contributed by atoms with Crippen LogP contribution in [0.25, 0.3) is 0 Å². The maximum atomic E-state index is 13.7. The van der Waals surface area contributed by atoms with Gasteiger partial charge in [0.25, 0.3) is 0 Å². The van der Waals surface area contributed by atoms with Crippen molar-refractivity contribution in [3.05, 3.63) is 93.0 Å². The van der Waals surface area contributed by atoms with E-state index in [0.717, 1.165) is 77.0 Å². The van der Waals surface area contributed by atoms with Gasteiger partial charge in [0.1, 0.15) is 16.5 Å². The van der Waals surface area contributed by atoms with Crippen LogP contribution in [0, 0.1) is 0 Å². The van der Waals surface area contributed by atoms with Gasteiger partial charge in [-0.15, -0.1) is 0 Å². The van der Waals surface area contributed by atoms with E-state index in [1.54, 1.807) is 24.3 Å². The minimum absolute atomic E-state index is 0.000695. The van der Waals surface area contributed by atoms with Crippen molar-refractivity contribution >= 4 is 41.1 Å². The van der Waals surface area contributed by atoms with Crippen LogP contribution >= 0.6 is 23.2 Å². The number of unbranched alkanes of at least 4 members (excludes halogenated alkanes) is 22. The molecule has 5 rings (SSSR count). The monoisotopic (exact) mass is 960 g/mol. The molecule has 0 radical (unpaired) electrons. The van der Waals surface area contributed by atoms with Crippen molar-refractivity contribution in [3.8, 4) is 34.5 Å². The summed E-state index contributed by atoms with van der Waals surface area (Å²) in [5, 5.41) is 21.9. The fraction of sp³-hybridized carbons (Fsp3) is 0.554. The third-order valence-electron chi connectivity index (χ3n) is 12.8. The fourth-order valence-corrected chi connectivity index (χ4v) is 9.39. The van der Waals surface area contributed by atoms with E-state index in [2.05, 4.69) is 38.2 Å². The van der Waals surface area contributed by atoms with Crippen LogP contribution in [-0.2, 0) is 19.9 Å². The number of phenolic OH excluding ortho intramolecular Hbond substituents is 2. The van der Waals surface area contributed by atoms with E-state index in [1.807, 2.05) is 0 Å². The Kier molecular flexibility index (Phi) is 23.0. The number of benzene rings is 3. The summed E-state index contributed by atoms with van der Waals surface area (Å²) in [6.07, 6.45) is 38.1. The molecule has 9 nitrogen and oxygen atoms in total. The minimum Gasteiger partial charge on any atom is -0.506 e. The summed E-state index contributed by atoms with van der Waals surface area (Å²) in [6, 6.07) is 9.33. The lowest BCUT2D eigenvalue weighted by atomic mass is 9.77. The molecule has 0 saturated heterocycles. The topological polar surface area (TPSA) is 129 Å². The first-order valence-electron chi connectivity index (χ1n) is 25.5. The Labute approximate surface area is 409 Å². The number of phenols is 2. The Morgan fingerprint density at radius 1 is 0.612 bits per heavy atom. The zero-order valence-corrected chi connectivity index (χ0v) is 41.6. The quantitative estimate of drug-likeness (QED) is 0.0272. The standard InChI is InChI=1S/C56H74Cl2O9/c1-3-5-7-9-11-13-15-17-19-21-23-25-27-29-31-37-47(60)65-52-49-53(64-46-40-45(59)44(57)39-43(46)56(49)42-36-34-33-35-41(42)55(63)67-56)54(51(62)50(52)58)66-48(61)38-32-30-28-26-24-22-20-18-16-14-12-10-8-6-4-2/h17-20,33-36,39-40,59,62H,3-16,21-32,37-38H2,1-2H3/b19-17-,20-18-. The number of fused-ring (bicyclic) bond motifs is 6. The number of ether oxygens (including phenoxy) is 4. The average molecular weight is 962 g/mol. The predicted molar refractivity (Wildman–Crippen MR) is 268 cm³/mol. The number of allylic oxidation sites excluding steroid dienone is 4. The molecule has 2 aliphatic heterocycles. The van der Waals surface area contributed by atoms with Crippen molar-refractivity contribution in [1.82, 2.24) is 0 Å². The second-order valence-corrected chi connectivity index (χ2v) is 18.9. The van der Waals surface area contributed by atoms with Gasteiger partial charge in [-0.05, 0) is 76.3 Å². The number of carbonyl (C=O) groups is 3. The number of halogens is 2. The molecule has 0 bridgehead atoms. The molecule has 0 aromatic heterocycles. The van der Waals surface area contributed by atoms with Gasteiger partial charge in [0.2, 0.25) is 5.75 Å². The zero-order valence-electron chi connectivity index (χ0n) is 40.1.